The van der Waals surface area contributed by atoms with Gasteiger partial charge in [0, 0.05) is 22.6 Å². The molecule has 0 amide bonds. The number of hydrogen-bond donors (Lipinski definition) is 0. The first-order valence-corrected chi connectivity index (χ1v) is 7.96. The van der Waals surface area contributed by atoms with Crippen molar-refractivity contribution in [1.82, 2.24) is 4.57 Å². The number of fused-ring (bicyclic) bond motifs is 1. The van der Waals surface area contributed by atoms with E-state index in [4.69, 9.17) is 4.74 Å². The van der Waals surface area contributed by atoms with Gasteiger partial charge in [0.25, 0.3) is 0 Å². The molecular weight excluding hydrogens is 333 g/mol. The van der Waals surface area contributed by atoms with Crippen LogP contribution < -0.4 is 4.74 Å². The van der Waals surface area contributed by atoms with Crippen molar-refractivity contribution < 1.29 is 9.13 Å². The van der Waals surface area contributed by atoms with Gasteiger partial charge in [-0.2, -0.15) is 0 Å². The first kappa shape index (κ1) is 14.1. The Bertz CT molecular complexity index is 736. The van der Waals surface area contributed by atoms with E-state index in [-0.39, 0.29) is 5.82 Å². The van der Waals surface area contributed by atoms with Crippen LogP contribution in [0.5, 0.6) is 5.75 Å². The van der Waals surface area contributed by atoms with Crippen molar-refractivity contribution in [2.45, 2.75) is 6.42 Å². The second-order valence-electron chi connectivity index (χ2n) is 4.77. The van der Waals surface area contributed by atoms with E-state index in [9.17, 15) is 4.39 Å². The van der Waals surface area contributed by atoms with Crippen molar-refractivity contribution in [2.24, 2.45) is 0 Å². The molecule has 0 atom stereocenters. The van der Waals surface area contributed by atoms with E-state index in [2.05, 4.69) is 15.9 Å². The quantitative estimate of drug-likeness (QED) is 0.471. The summed E-state index contributed by atoms with van der Waals surface area (Å²) in [5.41, 5.74) is 2.02. The number of benzene rings is 2. The summed E-state index contributed by atoms with van der Waals surface area (Å²) in [5.74, 6) is 0.651. The summed E-state index contributed by atoms with van der Waals surface area (Å²) in [4.78, 5) is 0. The van der Waals surface area contributed by atoms with Gasteiger partial charge in [-0.1, -0.05) is 15.9 Å². The second-order valence-corrected chi connectivity index (χ2v) is 5.57. The van der Waals surface area contributed by atoms with Crippen LogP contribution in [0.25, 0.3) is 16.6 Å². The number of hydrogen-bond acceptors (Lipinski definition) is 1. The van der Waals surface area contributed by atoms with Gasteiger partial charge in [0.1, 0.15) is 11.6 Å². The Labute approximate surface area is 131 Å². The SMILES string of the molecule is Fc1ccc(-n2ccc3cc(OCCCBr)ccc32)cc1. The lowest BCUT2D eigenvalue weighted by atomic mass is 10.2. The Hall–Kier alpha value is -1.81. The topological polar surface area (TPSA) is 14.2 Å². The molecule has 0 spiro atoms. The summed E-state index contributed by atoms with van der Waals surface area (Å²) in [6.07, 6.45) is 2.97. The van der Waals surface area contributed by atoms with Gasteiger partial charge in [0.05, 0.1) is 12.1 Å². The molecule has 1 aromatic heterocycles. The maximum atomic E-state index is 13.0. The zero-order valence-electron chi connectivity index (χ0n) is 11.4. The highest BCUT2D eigenvalue weighted by molar-refractivity contribution is 9.09. The zero-order valence-corrected chi connectivity index (χ0v) is 13.0. The average molecular weight is 348 g/mol. The van der Waals surface area contributed by atoms with Crippen LogP contribution in [0.2, 0.25) is 0 Å². The van der Waals surface area contributed by atoms with E-state index in [0.717, 1.165) is 34.1 Å². The van der Waals surface area contributed by atoms with Gasteiger partial charge in [0.2, 0.25) is 0 Å². The van der Waals surface area contributed by atoms with Crippen molar-refractivity contribution in [1.29, 1.82) is 0 Å². The van der Waals surface area contributed by atoms with Gasteiger partial charge in [-0.3, -0.25) is 0 Å². The molecule has 0 saturated carbocycles. The summed E-state index contributed by atoms with van der Waals surface area (Å²) < 4.78 is 20.7. The maximum absolute atomic E-state index is 13.0. The molecule has 3 aromatic rings. The number of nitrogens with zero attached hydrogens (tertiary/aromatic N) is 1. The smallest absolute Gasteiger partial charge is 0.123 e. The lowest BCUT2D eigenvalue weighted by Crippen LogP contribution is -1.97. The second kappa shape index (κ2) is 6.31. The highest BCUT2D eigenvalue weighted by Gasteiger charge is 2.05. The Morgan fingerprint density at radius 3 is 2.62 bits per heavy atom. The fourth-order valence-electron chi connectivity index (χ4n) is 2.28. The summed E-state index contributed by atoms with van der Waals surface area (Å²) in [7, 11) is 0. The van der Waals surface area contributed by atoms with Crippen LogP contribution in [0.3, 0.4) is 0 Å². The van der Waals surface area contributed by atoms with Crippen molar-refractivity contribution in [3.05, 3.63) is 60.5 Å². The number of ether oxygens (including phenoxy) is 1. The van der Waals surface area contributed by atoms with Gasteiger partial charge in [-0.05, 0) is 55.0 Å². The van der Waals surface area contributed by atoms with Gasteiger partial charge < -0.3 is 9.30 Å². The van der Waals surface area contributed by atoms with Crippen LogP contribution in [0, 0.1) is 5.82 Å². The minimum Gasteiger partial charge on any atom is -0.494 e. The third kappa shape index (κ3) is 3.10. The summed E-state index contributed by atoms with van der Waals surface area (Å²) in [5, 5.41) is 2.05. The van der Waals surface area contributed by atoms with Crippen LogP contribution in [-0.4, -0.2) is 16.5 Å². The molecule has 0 radical (unpaired) electrons. The third-order valence-corrected chi connectivity index (χ3v) is 3.87. The largest absolute Gasteiger partial charge is 0.494 e. The normalized spacial score (nSPS) is 11.0. The Balaban J connectivity index is 1.90. The highest BCUT2D eigenvalue weighted by atomic mass is 79.9. The molecule has 0 fully saturated rings. The van der Waals surface area contributed by atoms with E-state index < -0.39 is 0 Å². The number of aromatic nitrogens is 1. The molecule has 108 valence electrons. The number of alkyl halides is 1. The highest BCUT2D eigenvalue weighted by Crippen LogP contribution is 2.25. The minimum absolute atomic E-state index is 0.224. The monoisotopic (exact) mass is 347 g/mol. The van der Waals surface area contributed by atoms with E-state index in [1.54, 1.807) is 12.1 Å². The minimum atomic E-state index is -0.224. The third-order valence-electron chi connectivity index (χ3n) is 3.31. The number of halogens is 2. The molecule has 2 aromatic carbocycles. The lowest BCUT2D eigenvalue weighted by molar-refractivity contribution is 0.319. The lowest BCUT2D eigenvalue weighted by Gasteiger charge is -2.07. The molecular formula is C17H15BrFNO. The average Bonchev–Trinajstić information content (AvgIpc) is 2.91. The fraction of sp³-hybridized carbons (Fsp3) is 0.176. The van der Waals surface area contributed by atoms with E-state index >= 15 is 0 Å². The van der Waals surface area contributed by atoms with Crippen LogP contribution >= 0.6 is 15.9 Å². The summed E-state index contributed by atoms with van der Waals surface area (Å²) in [6, 6.07) is 14.6. The van der Waals surface area contributed by atoms with E-state index in [1.165, 1.54) is 12.1 Å². The van der Waals surface area contributed by atoms with Crippen LogP contribution in [-0.2, 0) is 0 Å². The standard InChI is InChI=1S/C17H15BrFNO/c18-9-1-11-21-16-6-7-17-13(12-16)8-10-20(17)15-4-2-14(19)3-5-15/h2-8,10,12H,1,9,11H2. The fourth-order valence-corrected chi connectivity index (χ4v) is 2.51. The van der Waals surface area contributed by atoms with Gasteiger partial charge in [0.15, 0.2) is 0 Å². The molecule has 3 rings (SSSR count). The molecule has 0 aliphatic rings. The first-order chi connectivity index (χ1) is 10.3. The Morgan fingerprint density at radius 2 is 1.86 bits per heavy atom. The molecule has 0 unspecified atom stereocenters. The predicted octanol–water partition coefficient (Wildman–Crippen LogP) is 4.93. The molecule has 0 saturated heterocycles. The van der Waals surface area contributed by atoms with Gasteiger partial charge in [-0.15, -0.1) is 0 Å². The van der Waals surface area contributed by atoms with Crippen molar-refractivity contribution in [3.8, 4) is 11.4 Å². The van der Waals surface area contributed by atoms with Gasteiger partial charge in [-0.25, -0.2) is 4.39 Å². The molecule has 2 nitrogen and oxygen atoms in total. The van der Waals surface area contributed by atoms with Crippen LogP contribution in [0.1, 0.15) is 6.42 Å². The van der Waals surface area contributed by atoms with E-state index in [0.29, 0.717) is 6.61 Å². The van der Waals surface area contributed by atoms with Crippen LogP contribution in [0.15, 0.2) is 54.7 Å². The van der Waals surface area contributed by atoms with E-state index in [1.807, 2.05) is 35.0 Å². The molecule has 4 heteroatoms. The summed E-state index contributed by atoms with van der Waals surface area (Å²) >= 11 is 3.39. The zero-order chi connectivity index (χ0) is 14.7. The van der Waals surface area contributed by atoms with Crippen LogP contribution in [0.4, 0.5) is 4.39 Å². The molecule has 0 aliphatic heterocycles. The Morgan fingerprint density at radius 1 is 1.05 bits per heavy atom. The van der Waals surface area contributed by atoms with Gasteiger partial charge >= 0.3 is 0 Å². The molecule has 0 N–H and O–H groups in total. The molecule has 0 aliphatic carbocycles. The Kier molecular flexibility index (Phi) is 4.25. The number of rotatable bonds is 5. The maximum Gasteiger partial charge on any atom is 0.123 e. The molecule has 0 bridgehead atoms. The molecule has 21 heavy (non-hydrogen) atoms. The molecule has 1 heterocycles. The summed E-state index contributed by atoms with van der Waals surface area (Å²) in [6.45, 7) is 0.704. The predicted molar refractivity (Wildman–Crippen MR) is 87.1 cm³/mol. The van der Waals surface area contributed by atoms with Crippen molar-refractivity contribution >= 4 is 26.8 Å². The first-order valence-electron chi connectivity index (χ1n) is 6.84. The van der Waals surface area contributed by atoms with Crippen molar-refractivity contribution in [2.75, 3.05) is 11.9 Å². The van der Waals surface area contributed by atoms with Crippen molar-refractivity contribution in [3.63, 3.8) is 0 Å².